The first-order valence-electron chi connectivity index (χ1n) is 20.4. The van der Waals surface area contributed by atoms with Crippen molar-refractivity contribution in [2.75, 3.05) is 4.90 Å². The molecule has 0 saturated heterocycles. The molecule has 0 radical (unpaired) electrons. The number of hydrogen-bond donors (Lipinski definition) is 0. The number of benzene rings is 10. The molecule has 0 heterocycles. The molecule has 0 aliphatic carbocycles. The second kappa shape index (κ2) is 13.7. The van der Waals surface area contributed by atoms with Gasteiger partial charge in [-0.25, -0.2) is 0 Å². The summed E-state index contributed by atoms with van der Waals surface area (Å²) in [6.45, 7) is 11.9. The molecule has 0 fully saturated rings. The average molecular weight is 732 g/mol. The Hall–Kier alpha value is -6.38. The summed E-state index contributed by atoms with van der Waals surface area (Å²) in [6, 6.07) is 68.0. The molecule has 0 N–H and O–H groups in total. The normalized spacial score (nSPS) is 12.1. The van der Waals surface area contributed by atoms with E-state index in [-0.39, 0.29) is 12.1 Å². The second-order valence-electron chi connectivity index (χ2n) is 17.1. The van der Waals surface area contributed by atoms with Crippen LogP contribution in [0.3, 0.4) is 0 Å². The lowest BCUT2D eigenvalue weighted by molar-refractivity contribution is 0.596. The van der Waals surface area contributed by atoms with Gasteiger partial charge < -0.3 is 4.90 Å². The monoisotopic (exact) mass is 731 g/mol. The first kappa shape index (κ1) is 35.1. The molecule has 0 aromatic heterocycles. The van der Waals surface area contributed by atoms with Crippen molar-refractivity contribution in [3.05, 3.63) is 193 Å². The van der Waals surface area contributed by atoms with E-state index >= 15 is 0 Å². The van der Waals surface area contributed by atoms with Crippen LogP contribution in [-0.2, 0) is 5.41 Å². The van der Waals surface area contributed by atoms with Gasteiger partial charge in [0.2, 0.25) is 6.71 Å². The summed E-state index contributed by atoms with van der Waals surface area (Å²) in [4.78, 5) is 2.54. The van der Waals surface area contributed by atoms with Crippen LogP contribution >= 0.6 is 0 Å². The zero-order valence-corrected chi connectivity index (χ0v) is 33.4. The van der Waals surface area contributed by atoms with Gasteiger partial charge in [0.1, 0.15) is 0 Å². The van der Waals surface area contributed by atoms with Crippen LogP contribution in [0.2, 0.25) is 0 Å². The van der Waals surface area contributed by atoms with Crippen LogP contribution in [0, 0.1) is 0 Å². The summed E-state index contributed by atoms with van der Waals surface area (Å²) in [6.07, 6.45) is 0. The highest BCUT2D eigenvalue weighted by Gasteiger charge is 2.30. The maximum atomic E-state index is 2.54. The van der Waals surface area contributed by atoms with Crippen molar-refractivity contribution < 1.29 is 0 Å². The van der Waals surface area contributed by atoms with Crippen LogP contribution in [0.5, 0.6) is 0 Å². The third-order valence-corrected chi connectivity index (χ3v) is 12.2. The molecule has 0 atom stereocenters. The van der Waals surface area contributed by atoms with E-state index in [1.54, 1.807) is 0 Å². The van der Waals surface area contributed by atoms with E-state index in [4.69, 9.17) is 0 Å². The molecule has 1 nitrogen and oxygen atoms in total. The molecule has 10 aromatic rings. The van der Waals surface area contributed by atoms with Gasteiger partial charge in [0, 0.05) is 16.5 Å². The fraction of sp³-hybridized carbons (Fsp3) is 0.127. The summed E-state index contributed by atoms with van der Waals surface area (Å²) < 4.78 is 0. The lowest BCUT2D eigenvalue weighted by Gasteiger charge is -2.32. The summed E-state index contributed by atoms with van der Waals surface area (Å²) in [5.74, 6) is 0.340. The number of nitrogens with zero attached hydrogens (tertiary/aromatic N) is 1. The van der Waals surface area contributed by atoms with Gasteiger partial charge in [-0.2, -0.15) is 0 Å². The molecule has 10 rings (SSSR count). The van der Waals surface area contributed by atoms with Crippen LogP contribution in [0.4, 0.5) is 17.1 Å². The van der Waals surface area contributed by atoms with Crippen molar-refractivity contribution in [2.24, 2.45) is 0 Å². The number of anilines is 3. The zero-order valence-electron chi connectivity index (χ0n) is 33.4. The van der Waals surface area contributed by atoms with Crippen molar-refractivity contribution in [3.63, 3.8) is 0 Å². The third kappa shape index (κ3) is 5.77. The van der Waals surface area contributed by atoms with Crippen LogP contribution in [0.25, 0.3) is 53.9 Å². The van der Waals surface area contributed by atoms with Crippen molar-refractivity contribution in [1.82, 2.24) is 0 Å². The molecular weight excluding hydrogens is 685 g/mol. The van der Waals surface area contributed by atoms with Gasteiger partial charge in [-0.3, -0.25) is 0 Å². The van der Waals surface area contributed by atoms with Crippen molar-refractivity contribution in [2.45, 2.75) is 46.0 Å². The highest BCUT2D eigenvalue weighted by atomic mass is 15.1. The largest absolute Gasteiger partial charge is 0.309 e. The first-order valence-corrected chi connectivity index (χ1v) is 20.4. The van der Waals surface area contributed by atoms with Gasteiger partial charge in [0.15, 0.2) is 0 Å². The van der Waals surface area contributed by atoms with Crippen LogP contribution < -0.4 is 21.3 Å². The van der Waals surface area contributed by atoms with Crippen molar-refractivity contribution in [3.8, 4) is 0 Å². The molecule has 0 unspecified atom stereocenters. The van der Waals surface area contributed by atoms with E-state index in [2.05, 4.69) is 222 Å². The summed E-state index contributed by atoms with van der Waals surface area (Å²) >= 11 is 0. The van der Waals surface area contributed by atoms with E-state index in [1.807, 2.05) is 0 Å². The maximum Gasteiger partial charge on any atom is 0.242 e. The molecule has 2 heteroatoms. The molecule has 274 valence electrons. The smallest absolute Gasteiger partial charge is 0.242 e. The fourth-order valence-electron chi connectivity index (χ4n) is 9.60. The predicted molar refractivity (Wildman–Crippen MR) is 250 cm³/mol. The van der Waals surface area contributed by atoms with Gasteiger partial charge in [0.25, 0.3) is 0 Å². The third-order valence-electron chi connectivity index (χ3n) is 12.2. The van der Waals surface area contributed by atoms with Crippen molar-refractivity contribution >= 4 is 94.0 Å². The average Bonchev–Trinajstić information content (AvgIpc) is 3.24. The van der Waals surface area contributed by atoms with Gasteiger partial charge in [-0.15, -0.1) is 0 Å². The van der Waals surface area contributed by atoms with Crippen LogP contribution in [0.1, 0.15) is 51.7 Å². The Morgan fingerprint density at radius 2 is 0.947 bits per heavy atom. The second-order valence-corrected chi connectivity index (χ2v) is 17.1. The Bertz CT molecular complexity index is 3030. The van der Waals surface area contributed by atoms with E-state index < -0.39 is 0 Å². The van der Waals surface area contributed by atoms with Crippen molar-refractivity contribution in [1.29, 1.82) is 0 Å². The molecule has 0 saturated carbocycles. The molecule has 10 aromatic carbocycles. The summed E-state index contributed by atoms with van der Waals surface area (Å²) in [7, 11) is 0. The van der Waals surface area contributed by atoms with Gasteiger partial charge in [0.05, 0.1) is 11.4 Å². The van der Waals surface area contributed by atoms with Gasteiger partial charge in [-0.05, 0) is 89.8 Å². The van der Waals surface area contributed by atoms with Gasteiger partial charge >= 0.3 is 0 Å². The van der Waals surface area contributed by atoms with E-state index in [0.29, 0.717) is 5.92 Å². The molecule has 0 aliphatic heterocycles. The molecule has 0 aliphatic rings. The van der Waals surface area contributed by atoms with Crippen LogP contribution in [0.15, 0.2) is 182 Å². The van der Waals surface area contributed by atoms with E-state index in [0.717, 1.165) is 5.69 Å². The lowest BCUT2D eigenvalue weighted by Crippen LogP contribution is -2.52. The molecule has 0 spiro atoms. The minimum atomic E-state index is -0.120. The summed E-state index contributed by atoms with van der Waals surface area (Å²) in [5, 5.41) is 13.0. The number of para-hydroxylation sites is 1. The number of fused-ring (bicyclic) bond motifs is 3. The Morgan fingerprint density at radius 3 is 1.60 bits per heavy atom. The quantitative estimate of drug-likeness (QED) is 0.117. The number of hydrogen-bond acceptors (Lipinski definition) is 1. The minimum absolute atomic E-state index is 0.0841. The Morgan fingerprint density at radius 1 is 0.439 bits per heavy atom. The Labute approximate surface area is 336 Å². The SMILES string of the molecule is CC(C)c1cc(B(c2ccccc2)c2ccccc2)c2ccc3c(C(C)(C)C)cc(N(c4ccccc4)c4cc5ccccc5c5ccccc45)c4ccc1c2c43. The van der Waals surface area contributed by atoms with Crippen LogP contribution in [-0.4, -0.2) is 6.71 Å². The van der Waals surface area contributed by atoms with E-state index in [9.17, 15) is 0 Å². The Kier molecular flexibility index (Phi) is 8.41. The topological polar surface area (TPSA) is 3.24 Å². The molecule has 57 heavy (non-hydrogen) atoms. The molecular formula is C55H46BN. The maximum absolute atomic E-state index is 2.54. The molecule has 0 bridgehead atoms. The lowest BCUT2D eigenvalue weighted by atomic mass is 9.36. The zero-order chi connectivity index (χ0) is 38.8. The highest BCUT2D eigenvalue weighted by Crippen LogP contribution is 2.50. The summed E-state index contributed by atoms with van der Waals surface area (Å²) in [5.41, 5.74) is 10.1. The molecule has 0 amide bonds. The number of rotatable bonds is 7. The van der Waals surface area contributed by atoms with Gasteiger partial charge in [-0.1, -0.05) is 209 Å². The first-order chi connectivity index (χ1) is 27.8. The fourth-order valence-corrected chi connectivity index (χ4v) is 9.60. The highest BCUT2D eigenvalue weighted by molar-refractivity contribution is 6.97. The predicted octanol–water partition coefficient (Wildman–Crippen LogP) is 13.3. The Balaban J connectivity index is 1.37. The van der Waals surface area contributed by atoms with E-state index in [1.165, 1.54) is 92.8 Å². The standard InChI is InChI=1S/C55H46BN/c1-36(2)48-34-50(56(38-20-9-6-10-21-38)39-22-11-7-12-23-39)46-31-30-45-49(55(3,4)5)35-52(47-32-29-44(48)53(46)54(45)47)57(40-24-13-8-14-25-40)51-33-37-19-15-16-26-41(37)42-27-17-18-28-43(42)51/h6-36H,1-5H3. The minimum Gasteiger partial charge on any atom is -0.309 e.